The lowest BCUT2D eigenvalue weighted by molar-refractivity contribution is -0.131. The van der Waals surface area contributed by atoms with Crippen molar-refractivity contribution in [2.45, 2.75) is 13.5 Å². The maximum atomic E-state index is 12.3. The van der Waals surface area contributed by atoms with E-state index in [-0.39, 0.29) is 5.91 Å². The molecule has 3 rings (SSSR count). The summed E-state index contributed by atoms with van der Waals surface area (Å²) in [7, 11) is 0. The third kappa shape index (κ3) is 4.32. The number of hydrogen-bond acceptors (Lipinski definition) is 5. The lowest BCUT2D eigenvalue weighted by atomic mass is 10.2. The molecule has 0 unspecified atom stereocenters. The third-order valence-corrected chi connectivity index (χ3v) is 4.00. The number of amides is 1. The van der Waals surface area contributed by atoms with E-state index in [1.807, 2.05) is 48.2 Å². The first-order valence-corrected chi connectivity index (χ1v) is 7.92. The van der Waals surface area contributed by atoms with E-state index in [1.54, 1.807) is 0 Å². The van der Waals surface area contributed by atoms with Gasteiger partial charge in [-0.2, -0.15) is 0 Å². The number of aryl methyl sites for hydroxylation is 1. The summed E-state index contributed by atoms with van der Waals surface area (Å²) in [6, 6.07) is 11.8. The SMILES string of the molecule is Cc1cc(CN2CCN(C(=O)CNc3ccccc3)CC2)no1. The van der Waals surface area contributed by atoms with Crippen molar-refractivity contribution >= 4 is 11.6 Å². The lowest BCUT2D eigenvalue weighted by Crippen LogP contribution is -2.49. The van der Waals surface area contributed by atoms with Gasteiger partial charge in [0, 0.05) is 44.5 Å². The predicted octanol–water partition coefficient (Wildman–Crippen LogP) is 1.74. The van der Waals surface area contributed by atoms with Crippen LogP contribution < -0.4 is 5.32 Å². The second-order valence-corrected chi connectivity index (χ2v) is 5.81. The molecule has 1 aliphatic heterocycles. The summed E-state index contributed by atoms with van der Waals surface area (Å²) in [6.45, 7) is 6.26. The highest BCUT2D eigenvalue weighted by molar-refractivity contribution is 5.81. The fourth-order valence-electron chi connectivity index (χ4n) is 2.72. The zero-order valence-corrected chi connectivity index (χ0v) is 13.4. The minimum atomic E-state index is 0.144. The molecule has 1 amide bonds. The number of aromatic nitrogens is 1. The minimum Gasteiger partial charge on any atom is -0.376 e. The maximum absolute atomic E-state index is 12.3. The quantitative estimate of drug-likeness (QED) is 0.911. The Kier molecular flexibility index (Phi) is 4.92. The Morgan fingerprint density at radius 1 is 1.22 bits per heavy atom. The van der Waals surface area contributed by atoms with E-state index in [4.69, 9.17) is 4.52 Å². The van der Waals surface area contributed by atoms with Crippen LogP contribution in [-0.2, 0) is 11.3 Å². The molecule has 23 heavy (non-hydrogen) atoms. The van der Waals surface area contributed by atoms with Gasteiger partial charge in [-0.05, 0) is 19.1 Å². The van der Waals surface area contributed by atoms with Crippen molar-refractivity contribution in [1.29, 1.82) is 0 Å². The summed E-state index contributed by atoms with van der Waals surface area (Å²) in [6.07, 6.45) is 0. The first-order chi connectivity index (χ1) is 11.2. The topological polar surface area (TPSA) is 61.6 Å². The normalized spacial score (nSPS) is 15.6. The molecular formula is C17H22N4O2. The molecule has 0 atom stereocenters. The van der Waals surface area contributed by atoms with Crippen molar-refractivity contribution in [2.75, 3.05) is 38.0 Å². The fourth-order valence-corrected chi connectivity index (χ4v) is 2.72. The number of piperazine rings is 1. The van der Waals surface area contributed by atoms with Gasteiger partial charge < -0.3 is 14.7 Å². The Balaban J connectivity index is 1.42. The van der Waals surface area contributed by atoms with Gasteiger partial charge in [0.25, 0.3) is 0 Å². The minimum absolute atomic E-state index is 0.144. The lowest BCUT2D eigenvalue weighted by Gasteiger charge is -2.34. The van der Waals surface area contributed by atoms with Crippen LogP contribution in [0.15, 0.2) is 40.9 Å². The third-order valence-electron chi connectivity index (χ3n) is 4.00. The van der Waals surface area contributed by atoms with Crippen molar-refractivity contribution in [3.8, 4) is 0 Å². The molecule has 0 aliphatic carbocycles. The second-order valence-electron chi connectivity index (χ2n) is 5.81. The highest BCUT2D eigenvalue weighted by Gasteiger charge is 2.21. The summed E-state index contributed by atoms with van der Waals surface area (Å²) >= 11 is 0. The standard InChI is InChI=1S/C17H22N4O2/c1-14-11-16(19-23-14)13-20-7-9-21(10-8-20)17(22)12-18-15-5-3-2-4-6-15/h2-6,11,18H,7-10,12-13H2,1H3. The number of carbonyl (C=O) groups excluding carboxylic acids is 1. The van der Waals surface area contributed by atoms with Crippen LogP contribution in [0.2, 0.25) is 0 Å². The summed E-state index contributed by atoms with van der Waals surface area (Å²) in [5.74, 6) is 0.978. The van der Waals surface area contributed by atoms with Crippen molar-refractivity contribution in [3.63, 3.8) is 0 Å². The van der Waals surface area contributed by atoms with Crippen molar-refractivity contribution in [2.24, 2.45) is 0 Å². The van der Waals surface area contributed by atoms with E-state index in [0.29, 0.717) is 6.54 Å². The average Bonchev–Trinajstić information content (AvgIpc) is 2.99. The van der Waals surface area contributed by atoms with E-state index in [2.05, 4.69) is 15.4 Å². The number of rotatable bonds is 5. The van der Waals surface area contributed by atoms with Gasteiger partial charge >= 0.3 is 0 Å². The summed E-state index contributed by atoms with van der Waals surface area (Å²) in [4.78, 5) is 16.5. The highest BCUT2D eigenvalue weighted by atomic mass is 16.5. The Morgan fingerprint density at radius 3 is 2.61 bits per heavy atom. The summed E-state index contributed by atoms with van der Waals surface area (Å²) < 4.78 is 5.09. The van der Waals surface area contributed by atoms with Gasteiger partial charge in [0.05, 0.1) is 12.2 Å². The molecule has 1 N–H and O–H groups in total. The van der Waals surface area contributed by atoms with Gasteiger partial charge in [-0.3, -0.25) is 9.69 Å². The molecule has 0 bridgehead atoms. The molecule has 0 radical (unpaired) electrons. The first kappa shape index (κ1) is 15.6. The molecule has 1 fully saturated rings. The Hall–Kier alpha value is -2.34. The Morgan fingerprint density at radius 2 is 1.96 bits per heavy atom. The van der Waals surface area contributed by atoms with Gasteiger partial charge in [0.2, 0.25) is 5.91 Å². The summed E-state index contributed by atoms with van der Waals surface area (Å²) in [5, 5.41) is 7.19. The number of anilines is 1. The van der Waals surface area contributed by atoms with E-state index < -0.39 is 0 Å². The number of para-hydroxylation sites is 1. The molecule has 1 aliphatic rings. The van der Waals surface area contributed by atoms with Gasteiger partial charge in [-0.15, -0.1) is 0 Å². The van der Waals surface area contributed by atoms with Crippen LogP contribution in [0.5, 0.6) is 0 Å². The number of benzene rings is 1. The molecule has 6 nitrogen and oxygen atoms in total. The second kappa shape index (κ2) is 7.28. The molecular weight excluding hydrogens is 292 g/mol. The van der Waals surface area contributed by atoms with Crippen LogP contribution in [0.4, 0.5) is 5.69 Å². The van der Waals surface area contributed by atoms with Crippen molar-refractivity contribution in [3.05, 3.63) is 47.9 Å². The smallest absolute Gasteiger partial charge is 0.241 e. The van der Waals surface area contributed by atoms with Crippen LogP contribution in [0.1, 0.15) is 11.5 Å². The largest absolute Gasteiger partial charge is 0.376 e. The van der Waals surface area contributed by atoms with Crippen molar-refractivity contribution < 1.29 is 9.32 Å². The zero-order valence-electron chi connectivity index (χ0n) is 13.4. The van der Waals surface area contributed by atoms with Gasteiger partial charge in [0.15, 0.2) is 0 Å². The molecule has 1 saturated heterocycles. The van der Waals surface area contributed by atoms with E-state index in [1.165, 1.54) is 0 Å². The Bertz CT molecular complexity index is 633. The van der Waals surface area contributed by atoms with Crippen LogP contribution in [-0.4, -0.2) is 53.6 Å². The maximum Gasteiger partial charge on any atom is 0.241 e. The zero-order chi connectivity index (χ0) is 16.1. The number of nitrogens with one attached hydrogen (secondary N) is 1. The number of carbonyl (C=O) groups is 1. The Labute approximate surface area is 136 Å². The van der Waals surface area contributed by atoms with Gasteiger partial charge in [0.1, 0.15) is 5.76 Å². The molecule has 0 saturated carbocycles. The fraction of sp³-hybridized carbons (Fsp3) is 0.412. The molecule has 1 aromatic carbocycles. The average molecular weight is 314 g/mol. The van der Waals surface area contributed by atoms with Gasteiger partial charge in [-0.25, -0.2) is 0 Å². The van der Waals surface area contributed by atoms with Gasteiger partial charge in [-0.1, -0.05) is 23.4 Å². The van der Waals surface area contributed by atoms with Crippen LogP contribution in [0, 0.1) is 6.92 Å². The highest BCUT2D eigenvalue weighted by Crippen LogP contribution is 2.10. The molecule has 2 heterocycles. The molecule has 0 spiro atoms. The molecule has 1 aromatic heterocycles. The van der Waals surface area contributed by atoms with Crippen LogP contribution in [0.3, 0.4) is 0 Å². The molecule has 2 aromatic rings. The number of nitrogens with zero attached hydrogens (tertiary/aromatic N) is 3. The van der Waals surface area contributed by atoms with Crippen LogP contribution in [0.25, 0.3) is 0 Å². The van der Waals surface area contributed by atoms with E-state index in [9.17, 15) is 4.79 Å². The first-order valence-electron chi connectivity index (χ1n) is 7.92. The van der Waals surface area contributed by atoms with Crippen LogP contribution >= 0.6 is 0 Å². The number of hydrogen-bond donors (Lipinski definition) is 1. The van der Waals surface area contributed by atoms with Crippen molar-refractivity contribution in [1.82, 2.24) is 15.0 Å². The monoisotopic (exact) mass is 314 g/mol. The predicted molar refractivity (Wildman–Crippen MR) is 88.0 cm³/mol. The van der Waals surface area contributed by atoms with E-state index in [0.717, 1.165) is 49.9 Å². The molecule has 6 heteroatoms. The summed E-state index contributed by atoms with van der Waals surface area (Å²) in [5.41, 5.74) is 1.92. The molecule has 122 valence electrons. The van der Waals surface area contributed by atoms with E-state index >= 15 is 0 Å².